The molecule has 304 valence electrons. The van der Waals surface area contributed by atoms with E-state index in [2.05, 4.69) is 32.3 Å². The number of rotatable bonds is 12. The Hall–Kier alpha value is -6.44. The molecular formula is C43H41BrO14. The van der Waals surface area contributed by atoms with Crippen LogP contribution in [0, 0.1) is 0 Å². The van der Waals surface area contributed by atoms with Crippen LogP contribution in [0.4, 0.5) is 0 Å². The number of phenolic OH excluding ortho intramolecular Hbond substituents is 2. The largest absolute Gasteiger partial charge is 0.508 e. The van der Waals surface area contributed by atoms with Crippen LogP contribution in [-0.4, -0.2) is 84.2 Å². The lowest BCUT2D eigenvalue weighted by molar-refractivity contribution is -0.191. The molecule has 58 heavy (non-hydrogen) atoms. The van der Waals surface area contributed by atoms with Crippen molar-refractivity contribution in [2.24, 2.45) is 0 Å². The van der Waals surface area contributed by atoms with Gasteiger partial charge >= 0.3 is 18.1 Å². The number of aromatic hydroxyl groups is 2. The molecule has 0 aromatic heterocycles. The summed E-state index contributed by atoms with van der Waals surface area (Å²) in [5, 5.41) is 19.6. The Bertz CT molecular complexity index is 2120. The first-order valence-corrected chi connectivity index (χ1v) is 19.0. The zero-order valence-corrected chi connectivity index (χ0v) is 33.5. The second-order valence-electron chi connectivity index (χ2n) is 12.4. The summed E-state index contributed by atoms with van der Waals surface area (Å²) in [6.45, 7) is 2.96. The van der Waals surface area contributed by atoms with E-state index in [0.29, 0.717) is 59.8 Å². The number of methoxy groups -OCH3 is 2. The number of halogens is 1. The minimum atomic E-state index is -0.324. The molecule has 0 spiro atoms. The molecule has 0 bridgehead atoms. The van der Waals surface area contributed by atoms with E-state index in [4.69, 9.17) is 19.1 Å². The van der Waals surface area contributed by atoms with Crippen molar-refractivity contribution >= 4 is 57.2 Å². The standard InChI is InChI=1S/C23H24O6.C14H8O4.C5H9BrO2.CO2/c1-3-4-11-28-15-7-9-17-19(13-15)22(25)18-10-8-16(14-20(18)23(17)26)29-12-5-6-21(24)27-2;15-7-1-3-9-11(5-7)14(18)10-4-2-8(16)6-12(10)13(9)17;1-8-5(7)3-2-4-6;2-1-3/h7-10,13-14H,3-6,11-12H2,1-2H3;1-6,15-16H;2-4H2,1H3;. The number of hydrogen-bond donors (Lipinski definition) is 2. The molecule has 15 heteroatoms. The predicted octanol–water partition coefficient (Wildman–Crippen LogP) is 6.60. The molecule has 2 aliphatic carbocycles. The summed E-state index contributed by atoms with van der Waals surface area (Å²) in [5.41, 5.74) is 2.29. The number of ketones is 4. The SMILES string of the molecule is CCCCOc1ccc2c(c1)C(=O)c1ccc(OCCCC(=O)OC)cc1C2=O.COC(=O)CCCBr.O=C1c2ccc(O)cc2C(=O)c2ccc(O)cc21.O=C=O. The number of fused-ring (bicyclic) bond motifs is 4. The summed E-state index contributed by atoms with van der Waals surface area (Å²) in [4.78, 5) is 87.9. The van der Waals surface area contributed by atoms with Crippen molar-refractivity contribution in [3.05, 3.63) is 117 Å². The lowest BCUT2D eigenvalue weighted by Crippen LogP contribution is -2.21. The van der Waals surface area contributed by atoms with Gasteiger partial charge in [0.2, 0.25) is 0 Å². The number of benzene rings is 4. The summed E-state index contributed by atoms with van der Waals surface area (Å²) in [6.07, 6.45) is 4.32. The molecular weight excluding hydrogens is 820 g/mol. The third-order valence-electron chi connectivity index (χ3n) is 8.48. The maximum atomic E-state index is 12.9. The average molecular weight is 862 g/mol. The zero-order chi connectivity index (χ0) is 42.8. The molecule has 0 heterocycles. The van der Waals surface area contributed by atoms with Crippen molar-refractivity contribution in [2.75, 3.05) is 32.8 Å². The molecule has 0 amide bonds. The molecule has 0 unspecified atom stereocenters. The van der Waals surface area contributed by atoms with Gasteiger partial charge in [0.25, 0.3) is 0 Å². The third kappa shape index (κ3) is 12.3. The van der Waals surface area contributed by atoms with Crippen LogP contribution in [0.3, 0.4) is 0 Å². The first-order chi connectivity index (χ1) is 27.8. The number of phenols is 2. The van der Waals surface area contributed by atoms with Gasteiger partial charge in [0.1, 0.15) is 23.0 Å². The maximum absolute atomic E-state index is 12.9. The van der Waals surface area contributed by atoms with E-state index in [0.717, 1.165) is 24.6 Å². The van der Waals surface area contributed by atoms with Gasteiger partial charge in [0.05, 0.1) is 27.4 Å². The summed E-state index contributed by atoms with van der Waals surface area (Å²) in [5.74, 6) is -0.535. The Balaban J connectivity index is 0.000000262. The van der Waals surface area contributed by atoms with Gasteiger partial charge in [0, 0.05) is 62.7 Å². The van der Waals surface area contributed by atoms with Crippen molar-refractivity contribution in [3.63, 3.8) is 0 Å². The van der Waals surface area contributed by atoms with E-state index in [1.54, 1.807) is 36.4 Å². The van der Waals surface area contributed by atoms with Crippen molar-refractivity contribution < 1.29 is 67.5 Å². The summed E-state index contributed by atoms with van der Waals surface area (Å²) < 4.78 is 20.3. The normalized spacial score (nSPS) is 11.5. The Morgan fingerprint density at radius 2 is 0.897 bits per heavy atom. The molecule has 0 atom stereocenters. The second-order valence-corrected chi connectivity index (χ2v) is 13.2. The van der Waals surface area contributed by atoms with Gasteiger partial charge in [-0.15, -0.1) is 0 Å². The molecule has 14 nitrogen and oxygen atoms in total. The highest BCUT2D eigenvalue weighted by Gasteiger charge is 2.31. The molecule has 4 aromatic rings. The minimum absolute atomic E-state index is 0.0582. The van der Waals surface area contributed by atoms with E-state index < -0.39 is 0 Å². The van der Waals surface area contributed by atoms with Gasteiger partial charge in [0.15, 0.2) is 23.1 Å². The minimum Gasteiger partial charge on any atom is -0.508 e. The van der Waals surface area contributed by atoms with Crippen molar-refractivity contribution in [3.8, 4) is 23.0 Å². The summed E-state index contributed by atoms with van der Waals surface area (Å²) in [7, 11) is 2.74. The first-order valence-electron chi connectivity index (χ1n) is 17.9. The highest BCUT2D eigenvalue weighted by Crippen LogP contribution is 2.33. The number of hydrogen-bond acceptors (Lipinski definition) is 14. The van der Waals surface area contributed by atoms with Crippen LogP contribution in [0.1, 0.15) is 109 Å². The monoisotopic (exact) mass is 860 g/mol. The van der Waals surface area contributed by atoms with Crippen LogP contribution in [-0.2, 0) is 28.7 Å². The molecule has 4 aromatic carbocycles. The summed E-state index contributed by atoms with van der Waals surface area (Å²) in [6, 6.07) is 18.0. The zero-order valence-electron chi connectivity index (χ0n) is 32.0. The number of esters is 2. The smallest absolute Gasteiger partial charge is 0.373 e. The Labute approximate surface area is 342 Å². The van der Waals surface area contributed by atoms with Gasteiger partial charge in [-0.05, 0) is 92.1 Å². The Kier molecular flexibility index (Phi) is 18.2. The average Bonchev–Trinajstić information content (AvgIpc) is 3.23. The molecule has 2 N–H and O–H groups in total. The van der Waals surface area contributed by atoms with Gasteiger partial charge in [-0.2, -0.15) is 9.59 Å². The van der Waals surface area contributed by atoms with Crippen LogP contribution >= 0.6 is 15.9 Å². The van der Waals surface area contributed by atoms with Gasteiger partial charge in [-0.1, -0.05) is 29.3 Å². The van der Waals surface area contributed by atoms with Gasteiger partial charge < -0.3 is 29.2 Å². The number of ether oxygens (including phenoxy) is 4. The Morgan fingerprint density at radius 1 is 0.552 bits per heavy atom. The van der Waals surface area contributed by atoms with Gasteiger partial charge in [-0.3, -0.25) is 28.8 Å². The third-order valence-corrected chi connectivity index (χ3v) is 9.04. The van der Waals surface area contributed by atoms with E-state index in [1.165, 1.54) is 50.6 Å². The Morgan fingerprint density at radius 3 is 1.26 bits per heavy atom. The van der Waals surface area contributed by atoms with Gasteiger partial charge in [-0.25, -0.2) is 0 Å². The fourth-order valence-electron chi connectivity index (χ4n) is 5.57. The highest BCUT2D eigenvalue weighted by molar-refractivity contribution is 9.09. The van der Waals surface area contributed by atoms with E-state index in [9.17, 15) is 39.0 Å². The van der Waals surface area contributed by atoms with Crippen LogP contribution < -0.4 is 9.47 Å². The number of unbranched alkanes of at least 4 members (excludes halogenated alkanes) is 1. The van der Waals surface area contributed by atoms with E-state index >= 15 is 0 Å². The van der Waals surface area contributed by atoms with Crippen molar-refractivity contribution in [2.45, 2.75) is 45.4 Å². The summed E-state index contributed by atoms with van der Waals surface area (Å²) >= 11 is 3.20. The molecule has 0 saturated heterocycles. The van der Waals surface area contributed by atoms with Crippen molar-refractivity contribution in [1.29, 1.82) is 0 Å². The highest BCUT2D eigenvalue weighted by atomic mass is 79.9. The van der Waals surface area contributed by atoms with Crippen LogP contribution in [0.15, 0.2) is 72.8 Å². The first kappa shape index (κ1) is 45.9. The molecule has 0 radical (unpaired) electrons. The lowest BCUT2D eigenvalue weighted by atomic mass is 9.84. The molecule has 0 aliphatic heterocycles. The maximum Gasteiger partial charge on any atom is 0.373 e. The fourth-order valence-corrected chi connectivity index (χ4v) is 5.85. The van der Waals surface area contributed by atoms with Crippen LogP contribution in [0.25, 0.3) is 0 Å². The predicted molar refractivity (Wildman–Crippen MR) is 210 cm³/mol. The second kappa shape index (κ2) is 23.0. The van der Waals surface area contributed by atoms with Crippen LogP contribution in [0.2, 0.25) is 0 Å². The number of carbonyl (C=O) groups excluding carboxylic acids is 8. The van der Waals surface area contributed by atoms with E-state index in [-0.39, 0.29) is 81.4 Å². The molecule has 6 rings (SSSR count). The van der Waals surface area contributed by atoms with Crippen molar-refractivity contribution in [1.82, 2.24) is 0 Å². The topological polar surface area (TPSA) is 214 Å². The number of carbonyl (C=O) groups is 6. The fraction of sp³-hybridized carbons (Fsp3) is 0.279. The van der Waals surface area contributed by atoms with Crippen LogP contribution in [0.5, 0.6) is 23.0 Å². The molecule has 0 fully saturated rings. The lowest BCUT2D eigenvalue weighted by Gasteiger charge is -2.19. The molecule has 2 aliphatic rings. The number of alkyl halides is 1. The quantitative estimate of drug-likeness (QED) is 0.0754. The van der Waals surface area contributed by atoms with E-state index in [1.807, 2.05) is 0 Å². The molecule has 0 saturated carbocycles.